The predicted octanol–water partition coefficient (Wildman–Crippen LogP) is 1.52. The van der Waals surface area contributed by atoms with E-state index in [1.54, 1.807) is 12.3 Å². The van der Waals surface area contributed by atoms with Crippen LogP contribution in [0.2, 0.25) is 0 Å². The van der Waals surface area contributed by atoms with E-state index in [9.17, 15) is 4.79 Å². The molecule has 2 nitrogen and oxygen atoms in total. The molecule has 2 aliphatic rings. The third-order valence-corrected chi connectivity index (χ3v) is 2.19. The number of nitrogens with zero attached hydrogens (tertiary/aromatic N) is 1. The third-order valence-electron chi connectivity index (χ3n) is 2.19. The Hall–Kier alpha value is -1.05. The summed E-state index contributed by atoms with van der Waals surface area (Å²) in [7, 11) is 0. The minimum atomic E-state index is 0.176. The van der Waals surface area contributed by atoms with Gasteiger partial charge >= 0.3 is 0 Å². The maximum Gasteiger partial charge on any atom is 0.185 e. The van der Waals surface area contributed by atoms with Crippen molar-refractivity contribution in [1.29, 1.82) is 0 Å². The van der Waals surface area contributed by atoms with Gasteiger partial charge in [-0.3, -0.25) is 10.1 Å². The van der Waals surface area contributed by atoms with Gasteiger partial charge in [0.25, 0.3) is 0 Å². The minimum absolute atomic E-state index is 0.176. The SMILES string of the molecule is O=C1C=C[N]C2=C1CCCC2. The van der Waals surface area contributed by atoms with E-state index in [4.69, 9.17) is 0 Å². The average molecular weight is 148 g/mol. The van der Waals surface area contributed by atoms with Crippen molar-refractivity contribution in [3.63, 3.8) is 0 Å². The number of allylic oxidation sites excluding steroid dienone is 3. The third kappa shape index (κ3) is 1.09. The van der Waals surface area contributed by atoms with Crippen molar-refractivity contribution in [2.24, 2.45) is 0 Å². The van der Waals surface area contributed by atoms with E-state index in [1.807, 2.05) is 0 Å². The van der Waals surface area contributed by atoms with Crippen molar-refractivity contribution in [3.05, 3.63) is 23.5 Å². The summed E-state index contributed by atoms with van der Waals surface area (Å²) in [4.78, 5) is 11.2. The Morgan fingerprint density at radius 3 is 2.91 bits per heavy atom. The first-order valence-corrected chi connectivity index (χ1v) is 4.02. The van der Waals surface area contributed by atoms with E-state index in [1.165, 1.54) is 6.42 Å². The predicted molar refractivity (Wildman–Crippen MR) is 41.8 cm³/mol. The van der Waals surface area contributed by atoms with E-state index in [0.717, 1.165) is 30.5 Å². The molecule has 57 valence electrons. The van der Waals surface area contributed by atoms with Crippen LogP contribution in [0.3, 0.4) is 0 Å². The molecule has 0 bridgehead atoms. The van der Waals surface area contributed by atoms with Crippen molar-refractivity contribution < 1.29 is 4.79 Å². The van der Waals surface area contributed by atoms with Crippen molar-refractivity contribution in [2.75, 3.05) is 0 Å². The molecule has 0 aromatic heterocycles. The highest BCUT2D eigenvalue weighted by Crippen LogP contribution is 2.26. The Bertz CT molecular complexity index is 250. The van der Waals surface area contributed by atoms with Crippen LogP contribution in [-0.4, -0.2) is 5.78 Å². The summed E-state index contributed by atoms with van der Waals surface area (Å²) >= 11 is 0. The average Bonchev–Trinajstić information content (AvgIpc) is 2.06. The molecule has 0 atom stereocenters. The zero-order valence-electron chi connectivity index (χ0n) is 6.34. The monoisotopic (exact) mass is 148 g/mol. The molecule has 1 radical (unpaired) electrons. The molecule has 2 rings (SSSR count). The summed E-state index contributed by atoms with van der Waals surface area (Å²) in [5.41, 5.74) is 1.99. The first-order chi connectivity index (χ1) is 5.38. The molecule has 0 saturated heterocycles. The maximum absolute atomic E-state index is 11.2. The number of carbonyl (C=O) groups is 1. The second kappa shape index (κ2) is 2.53. The smallest absolute Gasteiger partial charge is 0.185 e. The van der Waals surface area contributed by atoms with E-state index >= 15 is 0 Å². The lowest BCUT2D eigenvalue weighted by atomic mass is 9.92. The minimum Gasteiger partial charge on any atom is -0.290 e. The van der Waals surface area contributed by atoms with Gasteiger partial charge in [0.2, 0.25) is 0 Å². The van der Waals surface area contributed by atoms with Crippen LogP contribution in [0.25, 0.3) is 0 Å². The Morgan fingerprint density at radius 2 is 2.09 bits per heavy atom. The van der Waals surface area contributed by atoms with Gasteiger partial charge in [-0.15, -0.1) is 0 Å². The largest absolute Gasteiger partial charge is 0.290 e. The normalized spacial score (nSPS) is 23.1. The van der Waals surface area contributed by atoms with Gasteiger partial charge in [-0.2, -0.15) is 0 Å². The summed E-state index contributed by atoms with van der Waals surface area (Å²) in [6, 6.07) is 0. The van der Waals surface area contributed by atoms with Gasteiger partial charge in [-0.05, 0) is 25.7 Å². The second-order valence-corrected chi connectivity index (χ2v) is 2.94. The van der Waals surface area contributed by atoms with Crippen molar-refractivity contribution in [2.45, 2.75) is 25.7 Å². The second-order valence-electron chi connectivity index (χ2n) is 2.94. The molecule has 0 N–H and O–H groups in total. The highest BCUT2D eigenvalue weighted by atomic mass is 16.1. The lowest BCUT2D eigenvalue weighted by molar-refractivity contribution is -0.111. The number of ketones is 1. The Balaban J connectivity index is 2.30. The molecule has 0 saturated carbocycles. The summed E-state index contributed by atoms with van der Waals surface area (Å²) in [6.07, 6.45) is 7.43. The Morgan fingerprint density at radius 1 is 1.27 bits per heavy atom. The van der Waals surface area contributed by atoms with Gasteiger partial charge < -0.3 is 0 Å². The molecule has 0 amide bonds. The van der Waals surface area contributed by atoms with Crippen LogP contribution in [0.5, 0.6) is 0 Å². The molecule has 0 aromatic carbocycles. The fourth-order valence-corrected chi connectivity index (χ4v) is 1.59. The zero-order chi connectivity index (χ0) is 7.68. The summed E-state index contributed by atoms with van der Waals surface area (Å²) in [6.45, 7) is 0. The van der Waals surface area contributed by atoms with Gasteiger partial charge in [-0.25, -0.2) is 0 Å². The summed E-state index contributed by atoms with van der Waals surface area (Å²) < 4.78 is 0. The first-order valence-electron chi connectivity index (χ1n) is 4.02. The highest BCUT2D eigenvalue weighted by Gasteiger charge is 2.19. The van der Waals surface area contributed by atoms with Gasteiger partial charge in [-0.1, -0.05) is 0 Å². The topological polar surface area (TPSA) is 31.2 Å². The summed E-state index contributed by atoms with van der Waals surface area (Å²) in [5.74, 6) is 0.176. The number of rotatable bonds is 0. The molecule has 1 heterocycles. The lowest BCUT2D eigenvalue weighted by Crippen LogP contribution is -2.16. The molecule has 2 heteroatoms. The molecule has 0 aromatic rings. The molecular weight excluding hydrogens is 138 g/mol. The van der Waals surface area contributed by atoms with E-state index < -0.39 is 0 Å². The number of carbonyl (C=O) groups excluding carboxylic acids is 1. The number of hydrogen-bond donors (Lipinski definition) is 0. The van der Waals surface area contributed by atoms with Gasteiger partial charge in [0.05, 0.1) is 0 Å². The van der Waals surface area contributed by atoms with E-state index in [-0.39, 0.29) is 5.78 Å². The van der Waals surface area contributed by atoms with Crippen LogP contribution in [0.15, 0.2) is 23.5 Å². The zero-order valence-corrected chi connectivity index (χ0v) is 6.34. The molecular formula is C9H10NO. The van der Waals surface area contributed by atoms with E-state index in [0.29, 0.717) is 0 Å². The molecule has 11 heavy (non-hydrogen) atoms. The van der Waals surface area contributed by atoms with Crippen LogP contribution >= 0.6 is 0 Å². The van der Waals surface area contributed by atoms with Crippen LogP contribution < -0.4 is 5.32 Å². The molecule has 1 aliphatic heterocycles. The fraction of sp³-hybridized carbons (Fsp3) is 0.444. The van der Waals surface area contributed by atoms with Crippen LogP contribution in [0.4, 0.5) is 0 Å². The number of hydrogen-bond acceptors (Lipinski definition) is 1. The van der Waals surface area contributed by atoms with Crippen molar-refractivity contribution in [3.8, 4) is 0 Å². The van der Waals surface area contributed by atoms with Gasteiger partial charge in [0.15, 0.2) is 5.78 Å². The maximum atomic E-state index is 11.2. The first kappa shape index (κ1) is 6.65. The highest BCUT2D eigenvalue weighted by molar-refractivity contribution is 6.05. The van der Waals surface area contributed by atoms with E-state index in [2.05, 4.69) is 5.32 Å². The van der Waals surface area contributed by atoms with Crippen LogP contribution in [0, 0.1) is 0 Å². The Kier molecular flexibility index (Phi) is 1.53. The Labute approximate surface area is 66.0 Å². The quantitative estimate of drug-likeness (QED) is 0.512. The standard InChI is InChI=1S/C9H10NO/c11-9-5-6-10-8-4-2-1-3-7(8)9/h5-6H,1-4H2. The van der Waals surface area contributed by atoms with Crippen LogP contribution in [0.1, 0.15) is 25.7 Å². The molecule has 1 aliphatic carbocycles. The van der Waals surface area contributed by atoms with Gasteiger partial charge in [0.1, 0.15) is 0 Å². The van der Waals surface area contributed by atoms with Crippen LogP contribution in [-0.2, 0) is 4.79 Å². The lowest BCUT2D eigenvalue weighted by Gasteiger charge is -2.19. The molecule has 0 fully saturated rings. The van der Waals surface area contributed by atoms with Crippen molar-refractivity contribution >= 4 is 5.78 Å². The molecule has 0 spiro atoms. The summed E-state index contributed by atoms with van der Waals surface area (Å²) in [5, 5.41) is 4.18. The van der Waals surface area contributed by atoms with Crippen molar-refractivity contribution in [1.82, 2.24) is 5.32 Å². The molecule has 0 unspecified atom stereocenters. The van der Waals surface area contributed by atoms with Gasteiger partial charge in [0, 0.05) is 23.5 Å². The fourth-order valence-electron chi connectivity index (χ4n) is 1.59.